The zero-order chi connectivity index (χ0) is 21.9. The molecule has 9 heteroatoms. The molecule has 3 rings (SSSR count). The number of hydrogen-bond acceptors (Lipinski definition) is 5. The molecule has 0 heterocycles. The quantitative estimate of drug-likeness (QED) is 0.556. The number of sulfonamides is 1. The van der Waals surface area contributed by atoms with E-state index in [1.807, 2.05) is 0 Å². The highest BCUT2D eigenvalue weighted by Crippen LogP contribution is 2.30. The van der Waals surface area contributed by atoms with Crippen molar-refractivity contribution in [2.24, 2.45) is 5.92 Å². The summed E-state index contributed by atoms with van der Waals surface area (Å²) in [5, 5.41) is 15.4. The third kappa shape index (κ3) is 4.80. The summed E-state index contributed by atoms with van der Waals surface area (Å²) in [7, 11) is -3.73. The number of aromatic hydroxyl groups is 1. The number of nitrogens with one attached hydrogen (secondary N) is 2. The summed E-state index contributed by atoms with van der Waals surface area (Å²) in [6, 6.07) is 10.1. The molecule has 30 heavy (non-hydrogen) atoms. The minimum atomic E-state index is -3.73. The van der Waals surface area contributed by atoms with E-state index in [9.17, 15) is 23.1 Å². The summed E-state index contributed by atoms with van der Waals surface area (Å²) in [5.74, 6) is -0.697. The van der Waals surface area contributed by atoms with Crippen LogP contribution >= 0.6 is 0 Å². The summed E-state index contributed by atoms with van der Waals surface area (Å²) in [6.07, 6.45) is 1.80. The normalized spacial score (nSPS) is 13.8. The van der Waals surface area contributed by atoms with E-state index in [0.29, 0.717) is 24.3 Å². The van der Waals surface area contributed by atoms with E-state index < -0.39 is 15.9 Å². The van der Waals surface area contributed by atoms with Crippen molar-refractivity contribution in [1.29, 1.82) is 0 Å². The minimum absolute atomic E-state index is 0.000608. The predicted octanol–water partition coefficient (Wildman–Crippen LogP) is 3.02. The Morgan fingerprint density at radius 3 is 2.23 bits per heavy atom. The first-order valence-corrected chi connectivity index (χ1v) is 11.3. The van der Waals surface area contributed by atoms with Crippen LogP contribution in [-0.2, 0) is 14.8 Å². The van der Waals surface area contributed by atoms with Gasteiger partial charge in [0.05, 0.1) is 10.6 Å². The Morgan fingerprint density at radius 2 is 1.67 bits per heavy atom. The van der Waals surface area contributed by atoms with Crippen molar-refractivity contribution in [3.05, 3.63) is 48.0 Å². The SMILES string of the molecule is CCN(CC)S(=O)(=O)c1ccc(O)c(NC(=O)c2ccc(NC(=O)C3CC3)cc2)c1. The Bertz CT molecular complexity index is 1040. The van der Waals surface area contributed by atoms with E-state index in [2.05, 4.69) is 10.6 Å². The molecule has 0 bridgehead atoms. The Hall–Kier alpha value is -2.91. The van der Waals surface area contributed by atoms with Gasteiger partial charge in [-0.2, -0.15) is 4.31 Å². The van der Waals surface area contributed by atoms with Gasteiger partial charge in [-0.3, -0.25) is 9.59 Å². The molecular weight excluding hydrogens is 406 g/mol. The van der Waals surface area contributed by atoms with Crippen LogP contribution in [0.2, 0.25) is 0 Å². The van der Waals surface area contributed by atoms with Gasteiger partial charge in [0.15, 0.2) is 0 Å². The number of benzene rings is 2. The molecule has 2 aromatic carbocycles. The van der Waals surface area contributed by atoms with Gasteiger partial charge >= 0.3 is 0 Å². The molecule has 1 saturated carbocycles. The first kappa shape index (κ1) is 21.8. The standard InChI is InChI=1S/C21H25N3O5S/c1-3-24(4-2)30(28,29)17-11-12-19(25)18(13-17)23-21(27)15-7-9-16(10-8-15)22-20(26)14-5-6-14/h7-14,25H,3-6H2,1-2H3,(H,22,26)(H,23,27). The molecule has 0 unspecified atom stereocenters. The second kappa shape index (κ2) is 8.85. The monoisotopic (exact) mass is 431 g/mol. The molecular formula is C21H25N3O5S. The minimum Gasteiger partial charge on any atom is -0.506 e. The molecule has 0 aliphatic heterocycles. The van der Waals surface area contributed by atoms with Crippen molar-refractivity contribution in [1.82, 2.24) is 4.31 Å². The molecule has 3 N–H and O–H groups in total. The van der Waals surface area contributed by atoms with Gasteiger partial charge in [0.1, 0.15) is 5.75 Å². The lowest BCUT2D eigenvalue weighted by molar-refractivity contribution is -0.117. The van der Waals surface area contributed by atoms with E-state index in [1.165, 1.54) is 22.5 Å². The highest BCUT2D eigenvalue weighted by atomic mass is 32.2. The van der Waals surface area contributed by atoms with Gasteiger partial charge in [-0.1, -0.05) is 13.8 Å². The van der Waals surface area contributed by atoms with Crippen LogP contribution in [0.5, 0.6) is 5.75 Å². The van der Waals surface area contributed by atoms with E-state index in [-0.39, 0.29) is 28.2 Å². The Kier molecular flexibility index (Phi) is 6.42. The summed E-state index contributed by atoms with van der Waals surface area (Å²) >= 11 is 0. The molecule has 1 aliphatic carbocycles. The van der Waals surface area contributed by atoms with Crippen LogP contribution in [0.1, 0.15) is 37.0 Å². The van der Waals surface area contributed by atoms with Crippen molar-refractivity contribution in [3.63, 3.8) is 0 Å². The first-order chi connectivity index (χ1) is 14.3. The lowest BCUT2D eigenvalue weighted by atomic mass is 10.2. The van der Waals surface area contributed by atoms with Crippen LogP contribution in [0, 0.1) is 5.92 Å². The van der Waals surface area contributed by atoms with Gasteiger partial charge in [-0.05, 0) is 55.3 Å². The van der Waals surface area contributed by atoms with Gasteiger partial charge in [-0.15, -0.1) is 0 Å². The Morgan fingerprint density at radius 1 is 1.03 bits per heavy atom. The number of nitrogens with zero attached hydrogens (tertiary/aromatic N) is 1. The second-order valence-electron chi connectivity index (χ2n) is 7.06. The number of carbonyl (C=O) groups excluding carboxylic acids is 2. The van der Waals surface area contributed by atoms with Crippen LogP contribution < -0.4 is 10.6 Å². The van der Waals surface area contributed by atoms with Crippen LogP contribution in [0.3, 0.4) is 0 Å². The molecule has 1 aliphatic rings. The van der Waals surface area contributed by atoms with Crippen molar-refractivity contribution in [2.75, 3.05) is 23.7 Å². The maximum absolute atomic E-state index is 12.7. The Balaban J connectivity index is 1.75. The molecule has 2 aromatic rings. The number of rotatable bonds is 8. The average molecular weight is 432 g/mol. The molecule has 160 valence electrons. The van der Waals surface area contributed by atoms with Gasteiger partial charge < -0.3 is 15.7 Å². The third-order valence-electron chi connectivity index (χ3n) is 4.92. The molecule has 0 atom stereocenters. The molecule has 0 spiro atoms. The third-order valence-corrected chi connectivity index (χ3v) is 6.97. The molecule has 0 aromatic heterocycles. The lowest BCUT2D eigenvalue weighted by Gasteiger charge is -2.19. The van der Waals surface area contributed by atoms with Crippen LogP contribution in [0.4, 0.5) is 11.4 Å². The lowest BCUT2D eigenvalue weighted by Crippen LogP contribution is -2.30. The van der Waals surface area contributed by atoms with Gasteiger partial charge in [0.2, 0.25) is 15.9 Å². The highest BCUT2D eigenvalue weighted by Gasteiger charge is 2.29. The zero-order valence-corrected chi connectivity index (χ0v) is 17.7. The first-order valence-electron chi connectivity index (χ1n) is 9.81. The smallest absolute Gasteiger partial charge is 0.255 e. The van der Waals surface area contributed by atoms with Crippen molar-refractivity contribution < 1.29 is 23.1 Å². The van der Waals surface area contributed by atoms with Gasteiger partial charge in [0.25, 0.3) is 5.91 Å². The number of hydrogen-bond donors (Lipinski definition) is 3. The molecule has 0 saturated heterocycles. The largest absolute Gasteiger partial charge is 0.506 e. The molecule has 8 nitrogen and oxygen atoms in total. The summed E-state index contributed by atoms with van der Waals surface area (Å²) < 4.78 is 26.7. The van der Waals surface area contributed by atoms with Crippen LogP contribution in [-0.4, -0.2) is 42.7 Å². The fourth-order valence-electron chi connectivity index (χ4n) is 2.98. The van der Waals surface area contributed by atoms with E-state index in [1.54, 1.807) is 38.1 Å². The number of carbonyl (C=O) groups is 2. The van der Waals surface area contributed by atoms with Crippen molar-refractivity contribution >= 4 is 33.2 Å². The number of amides is 2. The highest BCUT2D eigenvalue weighted by molar-refractivity contribution is 7.89. The average Bonchev–Trinajstić information content (AvgIpc) is 3.56. The predicted molar refractivity (Wildman–Crippen MR) is 114 cm³/mol. The van der Waals surface area contributed by atoms with Crippen LogP contribution in [0.25, 0.3) is 0 Å². The summed E-state index contributed by atoms with van der Waals surface area (Å²) in [4.78, 5) is 24.3. The topological polar surface area (TPSA) is 116 Å². The molecule has 0 radical (unpaired) electrons. The van der Waals surface area contributed by atoms with Gasteiger partial charge in [0, 0.05) is 30.3 Å². The number of anilines is 2. The summed E-state index contributed by atoms with van der Waals surface area (Å²) in [5.41, 5.74) is 0.897. The molecule has 2 amide bonds. The summed E-state index contributed by atoms with van der Waals surface area (Å²) in [6.45, 7) is 4.10. The van der Waals surface area contributed by atoms with E-state index in [0.717, 1.165) is 12.8 Å². The second-order valence-corrected chi connectivity index (χ2v) is 9.00. The fraction of sp³-hybridized carbons (Fsp3) is 0.333. The van der Waals surface area contributed by atoms with Crippen molar-refractivity contribution in [2.45, 2.75) is 31.6 Å². The maximum atomic E-state index is 12.7. The number of phenolic OH excluding ortho intramolecular Hbond substituents is 1. The van der Waals surface area contributed by atoms with E-state index in [4.69, 9.17) is 0 Å². The maximum Gasteiger partial charge on any atom is 0.255 e. The van der Waals surface area contributed by atoms with Crippen molar-refractivity contribution in [3.8, 4) is 5.75 Å². The van der Waals surface area contributed by atoms with E-state index >= 15 is 0 Å². The molecule has 1 fully saturated rings. The number of phenols is 1. The Labute approximate surface area is 176 Å². The van der Waals surface area contributed by atoms with Gasteiger partial charge in [-0.25, -0.2) is 8.42 Å². The van der Waals surface area contributed by atoms with Crippen LogP contribution in [0.15, 0.2) is 47.4 Å². The fourth-order valence-corrected chi connectivity index (χ4v) is 4.46. The zero-order valence-electron chi connectivity index (χ0n) is 16.9.